The molecule has 3 unspecified atom stereocenters. The van der Waals surface area contributed by atoms with Crippen LogP contribution >= 0.6 is 7.82 Å². The monoisotopic (exact) mass is 1080 g/mol. The van der Waals surface area contributed by atoms with Crippen molar-refractivity contribution in [3.05, 3.63) is 24.3 Å². The van der Waals surface area contributed by atoms with Crippen LogP contribution in [0, 0.1) is 0 Å². The minimum Gasteiger partial charge on any atom is -0.756 e. The topological polar surface area (TPSA) is 108 Å². The summed E-state index contributed by atoms with van der Waals surface area (Å²) in [5.74, 6) is -0.199. The van der Waals surface area contributed by atoms with Crippen molar-refractivity contribution in [2.75, 3.05) is 40.9 Å². The summed E-state index contributed by atoms with van der Waals surface area (Å²) in [6.07, 6.45) is 74.5. The van der Waals surface area contributed by atoms with E-state index in [0.29, 0.717) is 17.4 Å². The molecule has 0 saturated carbocycles. The van der Waals surface area contributed by atoms with Gasteiger partial charge in [-0.15, -0.1) is 0 Å². The number of amides is 1. The maximum Gasteiger partial charge on any atom is 0.268 e. The first-order valence-electron chi connectivity index (χ1n) is 33.2. The molecule has 0 rings (SSSR count). The third kappa shape index (κ3) is 60.5. The maximum absolute atomic E-state index is 13.0. The van der Waals surface area contributed by atoms with Crippen LogP contribution in [0.25, 0.3) is 0 Å². The van der Waals surface area contributed by atoms with Gasteiger partial charge in [-0.05, 0) is 32.1 Å². The van der Waals surface area contributed by atoms with E-state index in [9.17, 15) is 19.4 Å². The molecule has 1 amide bonds. The Hall–Kier alpha value is -1.02. The third-order valence-corrected chi connectivity index (χ3v) is 16.4. The molecule has 2 N–H and O–H groups in total. The molecular weight excluding hydrogens is 948 g/mol. The lowest BCUT2D eigenvalue weighted by atomic mass is 10.0. The highest BCUT2D eigenvalue weighted by molar-refractivity contribution is 7.45. The van der Waals surface area contributed by atoms with Gasteiger partial charge in [-0.3, -0.25) is 9.36 Å². The van der Waals surface area contributed by atoms with Gasteiger partial charge in [0.05, 0.1) is 39.9 Å². The molecule has 8 nitrogen and oxygen atoms in total. The van der Waals surface area contributed by atoms with Crippen LogP contribution in [0.2, 0.25) is 0 Å². The van der Waals surface area contributed by atoms with E-state index in [4.69, 9.17) is 9.05 Å². The van der Waals surface area contributed by atoms with Crippen molar-refractivity contribution in [2.45, 2.75) is 353 Å². The van der Waals surface area contributed by atoms with Crippen LogP contribution < -0.4 is 10.2 Å². The minimum absolute atomic E-state index is 0.00360. The van der Waals surface area contributed by atoms with E-state index in [1.54, 1.807) is 6.08 Å². The zero-order valence-electron chi connectivity index (χ0n) is 51.0. The highest BCUT2D eigenvalue weighted by Gasteiger charge is 2.23. The number of hydrogen-bond acceptors (Lipinski definition) is 6. The molecule has 0 heterocycles. The number of aliphatic hydroxyl groups excluding tert-OH is 1. The number of allylic oxidation sites excluding steroid dienone is 3. The second-order valence-corrected chi connectivity index (χ2v) is 25.6. The number of carbonyl (C=O) groups is 1. The molecule has 0 aromatic carbocycles. The third-order valence-electron chi connectivity index (χ3n) is 15.4. The predicted octanol–water partition coefficient (Wildman–Crippen LogP) is 20.1. The van der Waals surface area contributed by atoms with Gasteiger partial charge in [0.15, 0.2) is 0 Å². The first-order chi connectivity index (χ1) is 36.5. The van der Waals surface area contributed by atoms with Crippen LogP contribution in [0.4, 0.5) is 0 Å². The summed E-state index contributed by atoms with van der Waals surface area (Å²) in [4.78, 5) is 25.6. The number of rotatable bonds is 62. The van der Waals surface area contributed by atoms with Crippen LogP contribution in [0.5, 0.6) is 0 Å². The lowest BCUT2D eigenvalue weighted by molar-refractivity contribution is -0.870. The molecule has 75 heavy (non-hydrogen) atoms. The van der Waals surface area contributed by atoms with Crippen LogP contribution in [-0.4, -0.2) is 68.5 Å². The standard InChI is InChI=1S/C66H131N2O6P/c1-6-8-10-12-14-16-18-20-22-24-26-27-28-29-30-31-32-33-34-35-36-37-38-39-40-42-44-46-48-50-52-54-56-58-60-66(70)67-64(63-74-75(71,72)73-62-61-68(3,4)5)65(69)59-57-55-53-51-49-47-45-43-41-25-23-21-19-17-15-13-11-9-7-2/h49,51,57,59,64-65,69H,6-48,50,52-56,58,60-63H2,1-5H3,(H-,67,70,71,72)/b51-49+,59-57+. The average Bonchev–Trinajstić information content (AvgIpc) is 3.37. The molecule has 0 aliphatic rings. The number of phosphoric acid groups is 1. The Bertz CT molecular complexity index is 1270. The molecule has 446 valence electrons. The van der Waals surface area contributed by atoms with E-state index < -0.39 is 20.0 Å². The number of hydrogen-bond donors (Lipinski definition) is 2. The summed E-state index contributed by atoms with van der Waals surface area (Å²) in [6, 6.07) is -0.901. The number of nitrogens with one attached hydrogen (secondary N) is 1. The van der Waals surface area contributed by atoms with Gasteiger partial charge < -0.3 is 28.8 Å². The Balaban J connectivity index is 4.00. The number of phosphoric ester groups is 1. The fourth-order valence-electron chi connectivity index (χ4n) is 10.2. The summed E-state index contributed by atoms with van der Waals surface area (Å²) in [6.45, 7) is 4.68. The van der Waals surface area contributed by atoms with Crippen LogP contribution in [0.3, 0.4) is 0 Å². The predicted molar refractivity (Wildman–Crippen MR) is 325 cm³/mol. The molecule has 0 radical (unpaired) electrons. The Labute approximate surface area is 468 Å². The summed E-state index contributed by atoms with van der Waals surface area (Å²) >= 11 is 0. The quantitative estimate of drug-likeness (QED) is 0.0272. The number of nitrogens with zero attached hydrogens (tertiary/aromatic N) is 1. The van der Waals surface area contributed by atoms with E-state index in [-0.39, 0.29) is 19.1 Å². The second kappa shape index (κ2) is 57.7. The van der Waals surface area contributed by atoms with Crippen molar-refractivity contribution in [3.8, 4) is 0 Å². The molecule has 0 aliphatic carbocycles. The van der Waals surface area contributed by atoms with Gasteiger partial charge in [0, 0.05) is 6.42 Å². The van der Waals surface area contributed by atoms with Gasteiger partial charge in [0.2, 0.25) is 5.91 Å². The molecule has 0 aromatic rings. The highest BCUT2D eigenvalue weighted by Crippen LogP contribution is 2.38. The Kier molecular flexibility index (Phi) is 56.9. The van der Waals surface area contributed by atoms with E-state index in [0.717, 1.165) is 38.5 Å². The molecule has 0 fully saturated rings. The molecule has 9 heteroatoms. The summed E-state index contributed by atoms with van der Waals surface area (Å²) < 4.78 is 23.4. The number of carbonyl (C=O) groups excluding carboxylic acids is 1. The minimum atomic E-state index is -4.60. The first-order valence-corrected chi connectivity index (χ1v) is 34.7. The van der Waals surface area contributed by atoms with E-state index in [1.807, 2.05) is 27.2 Å². The normalized spacial score (nSPS) is 13.9. The smallest absolute Gasteiger partial charge is 0.268 e. The van der Waals surface area contributed by atoms with E-state index in [2.05, 4.69) is 31.3 Å². The Morgan fingerprint density at radius 1 is 0.453 bits per heavy atom. The molecule has 0 bridgehead atoms. The Morgan fingerprint density at radius 2 is 0.747 bits per heavy atom. The summed E-state index contributed by atoms with van der Waals surface area (Å²) in [7, 11) is 1.26. The Morgan fingerprint density at radius 3 is 1.08 bits per heavy atom. The fraction of sp³-hybridized carbons (Fsp3) is 0.924. The average molecular weight is 1080 g/mol. The number of aliphatic hydroxyl groups is 1. The maximum atomic E-state index is 13.0. The van der Waals surface area contributed by atoms with Gasteiger partial charge >= 0.3 is 0 Å². The number of unbranched alkanes of at least 4 members (excludes halogenated alkanes) is 47. The van der Waals surface area contributed by atoms with Crippen molar-refractivity contribution < 1.29 is 32.9 Å². The molecule has 3 atom stereocenters. The van der Waals surface area contributed by atoms with Gasteiger partial charge in [-0.1, -0.05) is 327 Å². The summed E-state index contributed by atoms with van der Waals surface area (Å²) in [5, 5.41) is 13.9. The van der Waals surface area contributed by atoms with Crippen molar-refractivity contribution >= 4 is 13.7 Å². The van der Waals surface area contributed by atoms with E-state index in [1.165, 1.54) is 283 Å². The van der Waals surface area contributed by atoms with Gasteiger partial charge in [0.1, 0.15) is 13.2 Å². The fourth-order valence-corrected chi connectivity index (χ4v) is 11.0. The highest BCUT2D eigenvalue weighted by atomic mass is 31.2. The van der Waals surface area contributed by atoms with Crippen molar-refractivity contribution in [2.24, 2.45) is 0 Å². The van der Waals surface area contributed by atoms with Crippen molar-refractivity contribution in [1.29, 1.82) is 0 Å². The lowest BCUT2D eigenvalue weighted by Crippen LogP contribution is -2.45. The van der Waals surface area contributed by atoms with Crippen LogP contribution in [0.1, 0.15) is 341 Å². The second-order valence-electron chi connectivity index (χ2n) is 24.2. The first kappa shape index (κ1) is 74.0. The summed E-state index contributed by atoms with van der Waals surface area (Å²) in [5.41, 5.74) is 0. The molecule has 0 aromatic heterocycles. The number of quaternary nitrogens is 1. The van der Waals surface area contributed by atoms with Crippen LogP contribution in [0.15, 0.2) is 24.3 Å². The van der Waals surface area contributed by atoms with Crippen molar-refractivity contribution in [1.82, 2.24) is 5.32 Å². The van der Waals surface area contributed by atoms with Gasteiger partial charge in [-0.2, -0.15) is 0 Å². The largest absolute Gasteiger partial charge is 0.756 e. The zero-order chi connectivity index (χ0) is 54.9. The van der Waals surface area contributed by atoms with Crippen LogP contribution in [-0.2, 0) is 18.4 Å². The number of likely N-dealkylation sites (N-methyl/N-ethyl adjacent to an activating group) is 1. The molecule has 0 saturated heterocycles. The molecule has 0 spiro atoms. The molecule has 0 aliphatic heterocycles. The lowest BCUT2D eigenvalue weighted by Gasteiger charge is -2.29. The van der Waals surface area contributed by atoms with E-state index >= 15 is 0 Å². The molecular formula is C66H131N2O6P. The van der Waals surface area contributed by atoms with Gasteiger partial charge in [-0.25, -0.2) is 0 Å². The SMILES string of the molecule is CCCCCCCCCCCCCCC/C=C/CC/C=C/C(O)C(COP(=O)([O-])OCC[N+](C)(C)C)NC(=O)CCCCCCCCCCCCCCCCCCCCCCCCCCCCCCCCCCCC. The zero-order valence-corrected chi connectivity index (χ0v) is 51.9. The van der Waals surface area contributed by atoms with Crippen molar-refractivity contribution in [3.63, 3.8) is 0 Å². The van der Waals surface area contributed by atoms with Gasteiger partial charge in [0.25, 0.3) is 7.82 Å².